The number of anilines is 1. The lowest BCUT2D eigenvalue weighted by Crippen LogP contribution is -2.37. The van der Waals surface area contributed by atoms with Crippen molar-refractivity contribution >= 4 is 17.3 Å². The highest BCUT2D eigenvalue weighted by atomic mass is 35.5. The zero-order valence-electron chi connectivity index (χ0n) is 11.6. The summed E-state index contributed by atoms with van der Waals surface area (Å²) in [6, 6.07) is 0.214. The molecule has 0 saturated heterocycles. The third kappa shape index (κ3) is 3.71. The molecule has 5 nitrogen and oxygen atoms in total. The predicted molar refractivity (Wildman–Crippen MR) is 75.3 cm³/mol. The van der Waals surface area contributed by atoms with Crippen LogP contribution in [0.25, 0.3) is 0 Å². The van der Waals surface area contributed by atoms with E-state index in [1.54, 1.807) is 13.2 Å². The van der Waals surface area contributed by atoms with Crippen molar-refractivity contribution in [2.75, 3.05) is 26.0 Å². The Hall–Kier alpha value is -1.07. The largest absolute Gasteiger partial charge is 0.378 e. The number of aromatic nitrogens is 2. The number of likely N-dealkylation sites (N-methyl/N-ethyl adjacent to an activating group) is 1. The zero-order valence-corrected chi connectivity index (χ0v) is 12.3. The Morgan fingerprint density at radius 2 is 2.11 bits per heavy atom. The van der Waals surface area contributed by atoms with Crippen molar-refractivity contribution < 1.29 is 0 Å². The molecule has 0 amide bonds. The maximum Gasteiger partial charge on any atom is 0.287 e. The minimum atomic E-state index is -0.283. The molecule has 0 aromatic carbocycles. The first-order chi connectivity index (χ1) is 8.32. The number of aryl methyl sites for hydroxylation is 1. The van der Waals surface area contributed by atoms with Gasteiger partial charge in [-0.25, -0.2) is 4.68 Å². The van der Waals surface area contributed by atoms with Crippen LogP contribution in [-0.2, 0) is 7.05 Å². The molecule has 0 spiro atoms. The third-order valence-electron chi connectivity index (χ3n) is 2.79. The van der Waals surface area contributed by atoms with E-state index in [9.17, 15) is 4.79 Å². The van der Waals surface area contributed by atoms with E-state index >= 15 is 0 Å². The standard InChI is InChI=1S/C12H21ClN4O/c1-8(2)10(7-16(3)4)15-9-6-14-17(5)12(18)11(9)13/h6,8,10,15H,7H2,1-5H3. The Balaban J connectivity index is 2.94. The van der Waals surface area contributed by atoms with Gasteiger partial charge in [-0.15, -0.1) is 0 Å². The van der Waals surface area contributed by atoms with Gasteiger partial charge in [0, 0.05) is 19.6 Å². The molecule has 6 heteroatoms. The molecule has 1 aromatic heterocycles. The van der Waals surface area contributed by atoms with Gasteiger partial charge in [-0.2, -0.15) is 5.10 Å². The first-order valence-corrected chi connectivity index (χ1v) is 6.33. The van der Waals surface area contributed by atoms with Crippen molar-refractivity contribution in [2.24, 2.45) is 13.0 Å². The van der Waals surface area contributed by atoms with Crippen molar-refractivity contribution in [3.63, 3.8) is 0 Å². The molecule has 0 radical (unpaired) electrons. The van der Waals surface area contributed by atoms with Gasteiger partial charge in [-0.1, -0.05) is 25.4 Å². The molecule has 0 saturated carbocycles. The Morgan fingerprint density at radius 3 is 2.61 bits per heavy atom. The van der Waals surface area contributed by atoms with Crippen molar-refractivity contribution in [1.29, 1.82) is 0 Å². The fourth-order valence-electron chi connectivity index (χ4n) is 1.63. The van der Waals surface area contributed by atoms with E-state index in [0.29, 0.717) is 11.6 Å². The normalized spacial score (nSPS) is 13.1. The van der Waals surface area contributed by atoms with Gasteiger partial charge in [0.05, 0.1) is 11.9 Å². The lowest BCUT2D eigenvalue weighted by Gasteiger charge is -2.26. The highest BCUT2D eigenvalue weighted by Gasteiger charge is 2.17. The number of nitrogens with one attached hydrogen (secondary N) is 1. The average Bonchev–Trinajstić information content (AvgIpc) is 2.28. The molecule has 0 aliphatic rings. The van der Waals surface area contributed by atoms with Crippen molar-refractivity contribution in [1.82, 2.24) is 14.7 Å². The molecule has 1 rings (SSSR count). The summed E-state index contributed by atoms with van der Waals surface area (Å²) in [5, 5.41) is 7.46. The first kappa shape index (κ1) is 15.0. The first-order valence-electron chi connectivity index (χ1n) is 5.96. The Kier molecular flexibility index (Phi) is 5.16. The molecule has 0 aliphatic carbocycles. The van der Waals surface area contributed by atoms with Crippen LogP contribution in [0, 0.1) is 5.92 Å². The molecule has 1 heterocycles. The molecule has 1 N–H and O–H groups in total. The van der Waals surface area contributed by atoms with Crippen LogP contribution in [0.1, 0.15) is 13.8 Å². The molecule has 1 unspecified atom stereocenters. The monoisotopic (exact) mass is 272 g/mol. The van der Waals surface area contributed by atoms with Crippen LogP contribution in [-0.4, -0.2) is 41.4 Å². The summed E-state index contributed by atoms with van der Waals surface area (Å²) in [5.74, 6) is 0.424. The number of rotatable bonds is 5. The average molecular weight is 273 g/mol. The van der Waals surface area contributed by atoms with Gasteiger partial charge in [0.25, 0.3) is 5.56 Å². The highest BCUT2D eigenvalue weighted by Crippen LogP contribution is 2.18. The third-order valence-corrected chi connectivity index (χ3v) is 3.15. The lowest BCUT2D eigenvalue weighted by atomic mass is 10.0. The van der Waals surface area contributed by atoms with E-state index in [-0.39, 0.29) is 16.6 Å². The van der Waals surface area contributed by atoms with E-state index in [1.807, 2.05) is 14.1 Å². The molecular weight excluding hydrogens is 252 g/mol. The van der Waals surface area contributed by atoms with E-state index in [4.69, 9.17) is 11.6 Å². The van der Waals surface area contributed by atoms with Gasteiger partial charge in [0.1, 0.15) is 5.02 Å². The minimum Gasteiger partial charge on any atom is -0.378 e. The fourth-order valence-corrected chi connectivity index (χ4v) is 1.85. The molecule has 102 valence electrons. The van der Waals surface area contributed by atoms with Crippen LogP contribution in [0.15, 0.2) is 11.0 Å². The smallest absolute Gasteiger partial charge is 0.287 e. The molecule has 18 heavy (non-hydrogen) atoms. The Morgan fingerprint density at radius 1 is 1.50 bits per heavy atom. The van der Waals surface area contributed by atoms with E-state index in [0.717, 1.165) is 6.54 Å². The molecule has 1 atom stereocenters. The number of hydrogen-bond donors (Lipinski definition) is 1. The Bertz CT molecular complexity index is 456. The summed E-state index contributed by atoms with van der Waals surface area (Å²) in [6.45, 7) is 5.12. The van der Waals surface area contributed by atoms with Crippen LogP contribution in [0.3, 0.4) is 0 Å². The van der Waals surface area contributed by atoms with Crippen molar-refractivity contribution in [3.8, 4) is 0 Å². The van der Waals surface area contributed by atoms with E-state index < -0.39 is 0 Å². The predicted octanol–water partition coefficient (Wildman–Crippen LogP) is 1.43. The van der Waals surface area contributed by atoms with Crippen LogP contribution in [0.2, 0.25) is 5.02 Å². The van der Waals surface area contributed by atoms with E-state index in [2.05, 4.69) is 29.2 Å². The summed E-state index contributed by atoms with van der Waals surface area (Å²) in [6.07, 6.45) is 1.59. The number of hydrogen-bond acceptors (Lipinski definition) is 4. The molecule has 0 fully saturated rings. The summed E-state index contributed by atoms with van der Waals surface area (Å²) in [4.78, 5) is 13.8. The quantitative estimate of drug-likeness (QED) is 0.881. The summed E-state index contributed by atoms with van der Waals surface area (Å²) < 4.78 is 1.23. The van der Waals surface area contributed by atoms with Crippen LogP contribution >= 0.6 is 11.6 Å². The van der Waals surface area contributed by atoms with Crippen molar-refractivity contribution in [2.45, 2.75) is 19.9 Å². The SMILES string of the molecule is CC(C)C(CN(C)C)Nc1cnn(C)c(=O)c1Cl. The Labute approximate surface area is 113 Å². The van der Waals surface area contributed by atoms with Crippen LogP contribution in [0.5, 0.6) is 0 Å². The van der Waals surface area contributed by atoms with Gasteiger partial charge in [0.15, 0.2) is 0 Å². The van der Waals surface area contributed by atoms with Gasteiger partial charge < -0.3 is 10.2 Å². The van der Waals surface area contributed by atoms with Gasteiger partial charge in [-0.05, 0) is 20.0 Å². The van der Waals surface area contributed by atoms with Crippen LogP contribution in [0.4, 0.5) is 5.69 Å². The lowest BCUT2D eigenvalue weighted by molar-refractivity contribution is 0.344. The molecule has 1 aromatic rings. The number of halogens is 1. The second-order valence-corrected chi connectivity index (χ2v) is 5.44. The molecule has 0 bridgehead atoms. The second kappa shape index (κ2) is 6.20. The summed E-state index contributed by atoms with van der Waals surface area (Å²) >= 11 is 6.03. The van der Waals surface area contributed by atoms with E-state index in [1.165, 1.54) is 4.68 Å². The zero-order chi connectivity index (χ0) is 13.9. The van der Waals surface area contributed by atoms with Gasteiger partial charge in [0.2, 0.25) is 0 Å². The summed E-state index contributed by atoms with van der Waals surface area (Å²) in [5.41, 5.74) is 0.314. The second-order valence-electron chi connectivity index (χ2n) is 5.06. The highest BCUT2D eigenvalue weighted by molar-refractivity contribution is 6.32. The van der Waals surface area contributed by atoms with Gasteiger partial charge in [-0.3, -0.25) is 4.79 Å². The van der Waals surface area contributed by atoms with Crippen LogP contribution < -0.4 is 10.9 Å². The topological polar surface area (TPSA) is 50.2 Å². The minimum absolute atomic E-state index is 0.192. The van der Waals surface area contributed by atoms with Crippen molar-refractivity contribution in [3.05, 3.63) is 21.6 Å². The van der Waals surface area contributed by atoms with Gasteiger partial charge >= 0.3 is 0 Å². The summed E-state index contributed by atoms with van der Waals surface area (Å²) in [7, 11) is 5.61. The maximum atomic E-state index is 11.7. The molecular formula is C12H21ClN4O. The molecule has 0 aliphatic heterocycles. The fraction of sp³-hybridized carbons (Fsp3) is 0.667. The maximum absolute atomic E-state index is 11.7. The number of nitrogens with zero attached hydrogens (tertiary/aromatic N) is 3.